The molecule has 0 amide bonds. The number of halogens is 2. The molecule has 2 aromatic heterocycles. The van der Waals surface area contributed by atoms with Gasteiger partial charge in [-0.2, -0.15) is 5.10 Å². The Kier molecular flexibility index (Phi) is 4.85. The number of ketones is 1. The molecule has 0 aliphatic rings. The number of Topliss-reactive ketones (excluding diaryl/α,β-unsaturated/α-hetero) is 1. The Morgan fingerprint density at radius 3 is 2.76 bits per heavy atom. The largest absolute Gasteiger partial charge is 0.326 e. The molecule has 7 heteroatoms. The van der Waals surface area contributed by atoms with Gasteiger partial charge in [0.05, 0.1) is 18.4 Å². The van der Waals surface area contributed by atoms with Gasteiger partial charge in [0.15, 0.2) is 5.78 Å². The Balaban J connectivity index is 2.08. The number of imidazole rings is 1. The Morgan fingerprint density at radius 1 is 1.36 bits per heavy atom. The van der Waals surface area contributed by atoms with Gasteiger partial charge >= 0.3 is 0 Å². The van der Waals surface area contributed by atoms with Crippen molar-refractivity contribution in [1.29, 1.82) is 0 Å². The van der Waals surface area contributed by atoms with Crippen LogP contribution in [0.25, 0.3) is 11.4 Å². The maximum atomic E-state index is 13.6. The van der Waals surface area contributed by atoms with Crippen molar-refractivity contribution >= 4 is 21.7 Å². The first-order valence-electron chi connectivity index (χ1n) is 7.95. The Labute approximate surface area is 153 Å². The molecule has 5 nitrogen and oxygen atoms in total. The smallest absolute Gasteiger partial charge is 0.160 e. The highest BCUT2D eigenvalue weighted by molar-refractivity contribution is 9.10. The fourth-order valence-corrected chi connectivity index (χ4v) is 3.37. The molecule has 0 N–H and O–H groups in total. The second kappa shape index (κ2) is 6.92. The first-order chi connectivity index (χ1) is 11.9. The minimum Gasteiger partial charge on any atom is -0.326 e. The van der Waals surface area contributed by atoms with Gasteiger partial charge in [0.2, 0.25) is 0 Å². The van der Waals surface area contributed by atoms with Gasteiger partial charge in [0.1, 0.15) is 16.2 Å². The van der Waals surface area contributed by atoms with Gasteiger partial charge in [-0.25, -0.2) is 9.37 Å². The number of carbonyl (C=O) groups excluding carboxylic acids is 1. The van der Waals surface area contributed by atoms with Crippen LogP contribution >= 0.6 is 15.9 Å². The molecule has 130 valence electrons. The topological polar surface area (TPSA) is 52.7 Å². The van der Waals surface area contributed by atoms with Crippen LogP contribution in [0.3, 0.4) is 0 Å². The number of rotatable bonds is 5. The Hall–Kier alpha value is -2.28. The molecule has 25 heavy (non-hydrogen) atoms. The van der Waals surface area contributed by atoms with Crippen molar-refractivity contribution in [2.45, 2.75) is 33.9 Å². The second-order valence-electron chi connectivity index (χ2n) is 5.86. The van der Waals surface area contributed by atoms with Gasteiger partial charge in [0, 0.05) is 29.4 Å². The van der Waals surface area contributed by atoms with Crippen molar-refractivity contribution in [2.75, 3.05) is 0 Å². The summed E-state index contributed by atoms with van der Waals surface area (Å²) in [5.74, 6) is 0.0104. The van der Waals surface area contributed by atoms with Crippen LogP contribution in [0.4, 0.5) is 4.39 Å². The van der Waals surface area contributed by atoms with Crippen molar-refractivity contribution in [3.63, 3.8) is 0 Å². The average Bonchev–Trinajstić information content (AvgIpc) is 3.10. The second-order valence-corrected chi connectivity index (χ2v) is 6.61. The predicted octanol–water partition coefficient (Wildman–Crippen LogP) is 4.23. The highest BCUT2D eigenvalue weighted by Gasteiger charge is 2.17. The number of benzene rings is 1. The minimum absolute atomic E-state index is 0.193. The van der Waals surface area contributed by atoms with Gasteiger partial charge in [-0.05, 0) is 54.9 Å². The molecule has 0 spiro atoms. The maximum Gasteiger partial charge on any atom is 0.160 e. The predicted molar refractivity (Wildman–Crippen MR) is 97.1 cm³/mol. The summed E-state index contributed by atoms with van der Waals surface area (Å²) in [4.78, 5) is 16.5. The van der Waals surface area contributed by atoms with E-state index in [0.29, 0.717) is 23.5 Å². The van der Waals surface area contributed by atoms with Gasteiger partial charge in [-0.3, -0.25) is 9.48 Å². The molecular weight excluding hydrogens is 387 g/mol. The molecule has 0 bridgehead atoms. The zero-order chi connectivity index (χ0) is 18.1. The van der Waals surface area contributed by atoms with Crippen LogP contribution in [-0.2, 0) is 13.1 Å². The number of carbonyl (C=O) groups is 1. The fraction of sp³-hybridized carbons (Fsp3) is 0.278. The summed E-state index contributed by atoms with van der Waals surface area (Å²) < 4.78 is 18.3. The van der Waals surface area contributed by atoms with Crippen LogP contribution in [0, 0.1) is 12.7 Å². The van der Waals surface area contributed by atoms with E-state index in [4.69, 9.17) is 0 Å². The number of aromatic nitrogens is 4. The van der Waals surface area contributed by atoms with Crippen LogP contribution in [-0.4, -0.2) is 25.1 Å². The van der Waals surface area contributed by atoms with Gasteiger partial charge in [-0.1, -0.05) is 0 Å². The molecule has 0 atom stereocenters. The van der Waals surface area contributed by atoms with Crippen LogP contribution in [0.15, 0.2) is 35.2 Å². The molecular formula is C18H18BrFN4O. The molecule has 0 aliphatic carbocycles. The SMILES string of the molecule is CCn1ncc(Cn2cc(C)nc2-c2ccc(F)cc2C(C)=O)c1Br. The van der Waals surface area contributed by atoms with E-state index < -0.39 is 5.82 Å². The number of hydrogen-bond donors (Lipinski definition) is 0. The molecule has 2 heterocycles. The average molecular weight is 405 g/mol. The van der Waals surface area contributed by atoms with Crippen molar-refractivity contribution in [3.05, 3.63) is 57.8 Å². The third-order valence-corrected chi connectivity index (χ3v) is 4.90. The van der Waals surface area contributed by atoms with Gasteiger partial charge in [-0.15, -0.1) is 0 Å². The Morgan fingerprint density at radius 2 is 2.12 bits per heavy atom. The lowest BCUT2D eigenvalue weighted by Gasteiger charge is -2.10. The molecule has 0 radical (unpaired) electrons. The zero-order valence-corrected chi connectivity index (χ0v) is 15.8. The van der Waals surface area contributed by atoms with E-state index >= 15 is 0 Å². The van der Waals surface area contributed by atoms with E-state index in [9.17, 15) is 9.18 Å². The number of aryl methyl sites for hydroxylation is 2. The van der Waals surface area contributed by atoms with Crippen molar-refractivity contribution in [3.8, 4) is 11.4 Å². The first-order valence-corrected chi connectivity index (χ1v) is 8.74. The fourth-order valence-electron chi connectivity index (χ4n) is 2.80. The molecule has 3 rings (SSSR count). The Bertz CT molecular complexity index is 945. The summed E-state index contributed by atoms with van der Waals surface area (Å²) in [6.45, 7) is 6.65. The summed E-state index contributed by atoms with van der Waals surface area (Å²) in [5, 5.41) is 4.33. The van der Waals surface area contributed by atoms with E-state index in [0.717, 1.165) is 22.4 Å². The molecule has 1 aromatic carbocycles. The van der Waals surface area contributed by atoms with Crippen molar-refractivity contribution in [1.82, 2.24) is 19.3 Å². The van der Waals surface area contributed by atoms with E-state index in [1.807, 2.05) is 35.5 Å². The van der Waals surface area contributed by atoms with Crippen molar-refractivity contribution < 1.29 is 9.18 Å². The lowest BCUT2D eigenvalue weighted by atomic mass is 10.0. The first kappa shape index (κ1) is 17.5. The molecule has 0 saturated heterocycles. The molecule has 0 fully saturated rings. The van der Waals surface area contributed by atoms with E-state index in [1.54, 1.807) is 6.07 Å². The van der Waals surface area contributed by atoms with Crippen LogP contribution < -0.4 is 0 Å². The molecule has 0 aliphatic heterocycles. The molecule has 0 unspecified atom stereocenters. The lowest BCUT2D eigenvalue weighted by molar-refractivity contribution is 0.101. The van der Waals surface area contributed by atoms with E-state index in [-0.39, 0.29) is 5.78 Å². The lowest BCUT2D eigenvalue weighted by Crippen LogP contribution is -2.05. The maximum absolute atomic E-state index is 13.6. The monoisotopic (exact) mass is 404 g/mol. The third kappa shape index (κ3) is 3.42. The highest BCUT2D eigenvalue weighted by Crippen LogP contribution is 2.27. The van der Waals surface area contributed by atoms with Crippen molar-refractivity contribution in [2.24, 2.45) is 0 Å². The normalized spacial score (nSPS) is 11.1. The van der Waals surface area contributed by atoms with Gasteiger partial charge in [0.25, 0.3) is 0 Å². The molecule has 3 aromatic rings. The summed E-state index contributed by atoms with van der Waals surface area (Å²) in [6, 6.07) is 4.22. The third-order valence-electron chi connectivity index (χ3n) is 3.98. The quantitative estimate of drug-likeness (QED) is 0.597. The van der Waals surface area contributed by atoms with Crippen LogP contribution in [0.2, 0.25) is 0 Å². The summed E-state index contributed by atoms with van der Waals surface area (Å²) in [6.07, 6.45) is 3.72. The minimum atomic E-state index is -0.434. The van der Waals surface area contributed by atoms with Gasteiger partial charge < -0.3 is 4.57 Å². The molecule has 0 saturated carbocycles. The number of nitrogens with zero attached hydrogens (tertiary/aromatic N) is 4. The summed E-state index contributed by atoms with van der Waals surface area (Å²) >= 11 is 3.57. The number of hydrogen-bond acceptors (Lipinski definition) is 3. The van der Waals surface area contributed by atoms with E-state index in [2.05, 4.69) is 26.0 Å². The van der Waals surface area contributed by atoms with E-state index in [1.165, 1.54) is 19.1 Å². The van der Waals surface area contributed by atoms with Crippen LogP contribution in [0.5, 0.6) is 0 Å². The summed E-state index contributed by atoms with van der Waals surface area (Å²) in [5.41, 5.74) is 2.79. The summed E-state index contributed by atoms with van der Waals surface area (Å²) in [7, 11) is 0. The standard InChI is InChI=1S/C18H18BrFN4O/c1-4-24-17(19)13(8-21-24)10-23-9-11(2)22-18(23)15-6-5-14(20)7-16(15)12(3)25/h5-9H,4,10H2,1-3H3. The van der Waals surface area contributed by atoms with Crippen LogP contribution in [0.1, 0.15) is 35.5 Å². The zero-order valence-electron chi connectivity index (χ0n) is 14.3. The highest BCUT2D eigenvalue weighted by atomic mass is 79.9.